The second kappa shape index (κ2) is 73.9. The van der Waals surface area contributed by atoms with Gasteiger partial charge in [0.05, 0.1) is 311 Å². The van der Waals surface area contributed by atoms with Crippen molar-refractivity contribution in [1.82, 2.24) is 10.2 Å². The molecule has 1 rings (SSSR count). The van der Waals surface area contributed by atoms with E-state index in [4.69, 9.17) is 114 Å². The maximum Gasteiger partial charge on any atom is 0.253 e. The highest BCUT2D eigenvalue weighted by molar-refractivity contribution is 6.12. The molecule has 1 aliphatic heterocycles. The molecule has 0 radical (unpaired) electrons. The van der Waals surface area contributed by atoms with Crippen LogP contribution in [-0.4, -0.2) is 359 Å². The van der Waals surface area contributed by atoms with Crippen molar-refractivity contribution in [3.05, 3.63) is 12.2 Å². The van der Waals surface area contributed by atoms with E-state index >= 15 is 0 Å². The molecule has 88 heavy (non-hydrogen) atoms. The third-order valence-electron chi connectivity index (χ3n) is 11.5. The van der Waals surface area contributed by atoms with Gasteiger partial charge in [0.25, 0.3) is 11.8 Å². The van der Waals surface area contributed by atoms with Gasteiger partial charge in [0, 0.05) is 32.4 Å². The van der Waals surface area contributed by atoms with Crippen molar-refractivity contribution in [2.24, 2.45) is 0 Å². The first-order valence-corrected chi connectivity index (χ1v) is 31.4. The van der Waals surface area contributed by atoms with Gasteiger partial charge in [0.15, 0.2) is 0 Å². The van der Waals surface area contributed by atoms with Crippen LogP contribution < -0.4 is 5.32 Å². The molecule has 0 aliphatic carbocycles. The molecule has 29 heteroatoms. The van der Waals surface area contributed by atoms with Crippen molar-refractivity contribution in [3.8, 4) is 0 Å². The topological polar surface area (TPSA) is 291 Å². The Balaban J connectivity index is 1.59. The van der Waals surface area contributed by atoms with Crippen LogP contribution >= 0.6 is 0 Å². The fourth-order valence-corrected chi connectivity index (χ4v) is 6.92. The molecule has 29 nitrogen and oxygen atoms in total. The first-order chi connectivity index (χ1) is 43.6. The fourth-order valence-electron chi connectivity index (χ4n) is 6.92. The van der Waals surface area contributed by atoms with Crippen molar-refractivity contribution in [2.75, 3.05) is 331 Å². The SMILES string of the molecule is COCCOCCOCCOCCOCCOCCOCCOCCOCCOCCOCCOCCOCCOCCOCCOCCOCCOCCOCCOCCOCCOCCOCCOCCNC(O)CCCCCN1C(=O)C=CC1=O. The highest BCUT2D eigenvalue weighted by Crippen LogP contribution is 2.08. The Morgan fingerprint density at radius 3 is 0.659 bits per heavy atom. The summed E-state index contributed by atoms with van der Waals surface area (Å²) in [6, 6.07) is 0. The number of rotatable bonds is 79. The second-order valence-corrected chi connectivity index (χ2v) is 18.6. The molecule has 2 amide bonds. The van der Waals surface area contributed by atoms with Gasteiger partial charge in [-0.2, -0.15) is 0 Å². The summed E-state index contributed by atoms with van der Waals surface area (Å²) in [4.78, 5) is 24.3. The van der Waals surface area contributed by atoms with Crippen LogP contribution in [0, 0.1) is 0 Å². The number of ether oxygens (including phenoxy) is 24. The van der Waals surface area contributed by atoms with Crippen LogP contribution in [0.15, 0.2) is 12.2 Å². The van der Waals surface area contributed by atoms with Crippen molar-refractivity contribution in [3.63, 3.8) is 0 Å². The summed E-state index contributed by atoms with van der Waals surface area (Å²) in [7, 11) is 1.64. The number of nitrogens with zero attached hydrogens (tertiary/aromatic N) is 1. The summed E-state index contributed by atoms with van der Waals surface area (Å²) < 4.78 is 131. The largest absolute Gasteiger partial charge is 0.382 e. The highest BCUT2D eigenvalue weighted by atomic mass is 16.6. The van der Waals surface area contributed by atoms with Gasteiger partial charge in [-0.25, -0.2) is 0 Å². The van der Waals surface area contributed by atoms with E-state index < -0.39 is 6.23 Å². The smallest absolute Gasteiger partial charge is 0.253 e. The summed E-state index contributed by atoms with van der Waals surface area (Å²) in [5.74, 6) is -0.516. The molecular weight excluding hydrogens is 1170 g/mol. The van der Waals surface area contributed by atoms with Crippen LogP contribution in [0.1, 0.15) is 25.7 Å². The van der Waals surface area contributed by atoms with Crippen molar-refractivity contribution >= 4 is 11.8 Å². The van der Waals surface area contributed by atoms with Gasteiger partial charge in [-0.15, -0.1) is 0 Å². The molecule has 1 atom stereocenters. The molecule has 0 saturated heterocycles. The minimum Gasteiger partial charge on any atom is -0.382 e. The zero-order valence-corrected chi connectivity index (χ0v) is 53.2. The molecular formula is C59H114N2O27. The molecule has 0 bridgehead atoms. The summed E-state index contributed by atoms with van der Waals surface area (Å²) in [5.41, 5.74) is 0. The van der Waals surface area contributed by atoms with E-state index in [1.165, 1.54) is 17.1 Å². The number of amides is 2. The van der Waals surface area contributed by atoms with Gasteiger partial charge in [-0.1, -0.05) is 6.42 Å². The van der Waals surface area contributed by atoms with Crippen LogP contribution in [0.2, 0.25) is 0 Å². The molecule has 1 aliphatic rings. The Morgan fingerprint density at radius 2 is 0.466 bits per heavy atom. The number of methoxy groups -OCH3 is 1. The summed E-state index contributed by atoms with van der Waals surface area (Å²) in [6.07, 6.45) is 4.87. The molecule has 0 saturated carbocycles. The summed E-state index contributed by atoms with van der Waals surface area (Å²) in [6.45, 7) is 23.9. The normalized spacial score (nSPS) is 13.0. The maximum atomic E-state index is 11.5. The van der Waals surface area contributed by atoms with Crippen LogP contribution in [0.3, 0.4) is 0 Å². The van der Waals surface area contributed by atoms with Crippen LogP contribution in [0.4, 0.5) is 0 Å². The molecule has 0 spiro atoms. The fraction of sp³-hybridized carbons (Fsp3) is 0.932. The lowest BCUT2D eigenvalue weighted by Crippen LogP contribution is -2.32. The Hall–Kier alpha value is -2.16. The van der Waals surface area contributed by atoms with Gasteiger partial charge in [0.2, 0.25) is 0 Å². The zero-order chi connectivity index (χ0) is 62.9. The lowest BCUT2D eigenvalue weighted by molar-refractivity contribution is -0.136. The zero-order valence-electron chi connectivity index (χ0n) is 53.2. The Labute approximate surface area is 523 Å². The van der Waals surface area contributed by atoms with Crippen molar-refractivity contribution in [1.29, 1.82) is 0 Å². The average molecular weight is 1280 g/mol. The van der Waals surface area contributed by atoms with Gasteiger partial charge in [-0.3, -0.25) is 19.8 Å². The maximum absolute atomic E-state index is 11.5. The predicted molar refractivity (Wildman–Crippen MR) is 319 cm³/mol. The van der Waals surface area contributed by atoms with E-state index in [2.05, 4.69) is 5.32 Å². The number of carbonyl (C=O) groups excluding carboxylic acids is 2. The molecule has 522 valence electrons. The number of aliphatic hydroxyl groups excluding tert-OH is 1. The first-order valence-electron chi connectivity index (χ1n) is 31.4. The lowest BCUT2D eigenvalue weighted by Gasteiger charge is -2.15. The van der Waals surface area contributed by atoms with Crippen molar-refractivity contribution in [2.45, 2.75) is 31.9 Å². The van der Waals surface area contributed by atoms with E-state index in [1.54, 1.807) is 7.11 Å². The number of nitrogens with one attached hydrogen (secondary N) is 1. The molecule has 0 fully saturated rings. The molecule has 0 aromatic rings. The van der Waals surface area contributed by atoms with Crippen LogP contribution in [0.5, 0.6) is 0 Å². The van der Waals surface area contributed by atoms with E-state index in [0.717, 1.165) is 19.3 Å². The Bertz CT molecular complexity index is 1410. The average Bonchev–Trinajstić information content (AvgIpc) is 4.15. The predicted octanol–water partition coefficient (Wildman–Crippen LogP) is 0.408. The molecule has 0 aromatic heterocycles. The van der Waals surface area contributed by atoms with Gasteiger partial charge < -0.3 is 119 Å². The number of hydrogen-bond donors (Lipinski definition) is 2. The Kier molecular flexibility index (Phi) is 70.4. The molecule has 1 unspecified atom stereocenters. The number of aliphatic hydroxyl groups is 1. The number of unbranched alkanes of at least 4 members (excludes halogenated alkanes) is 2. The van der Waals surface area contributed by atoms with Crippen molar-refractivity contribution < 1.29 is 128 Å². The standard InChI is InChI=1S/C59H114N2O27/c1-65-11-12-67-15-16-69-19-20-71-23-24-73-27-28-75-31-32-77-35-36-79-39-40-81-43-44-83-47-48-85-51-52-87-55-56-88-54-53-86-50-49-84-46-45-82-42-41-80-38-37-78-34-33-76-30-29-74-26-25-72-22-21-70-18-17-68-14-13-66-10-8-60-57(62)5-3-2-4-9-61-58(63)6-7-59(61)64/h6-7,57,60,62H,2-5,8-56H2,1H3. The van der Waals surface area contributed by atoms with Crippen LogP contribution in [-0.2, 0) is 123 Å². The van der Waals surface area contributed by atoms with E-state index in [0.29, 0.717) is 330 Å². The second-order valence-electron chi connectivity index (χ2n) is 18.6. The van der Waals surface area contributed by atoms with E-state index in [9.17, 15) is 14.7 Å². The third kappa shape index (κ3) is 66.8. The van der Waals surface area contributed by atoms with E-state index in [1.807, 2.05) is 0 Å². The quantitative estimate of drug-likeness (QED) is 0.0474. The minimum absolute atomic E-state index is 0.258. The van der Waals surface area contributed by atoms with Gasteiger partial charge in [-0.05, 0) is 19.3 Å². The highest BCUT2D eigenvalue weighted by Gasteiger charge is 2.22. The van der Waals surface area contributed by atoms with Crippen LogP contribution in [0.25, 0.3) is 0 Å². The molecule has 1 heterocycles. The summed E-state index contributed by atoms with van der Waals surface area (Å²) >= 11 is 0. The first kappa shape index (κ1) is 83.9. The van der Waals surface area contributed by atoms with E-state index in [-0.39, 0.29) is 11.8 Å². The minimum atomic E-state index is -0.623. The van der Waals surface area contributed by atoms with Gasteiger partial charge in [0.1, 0.15) is 6.23 Å². The molecule has 0 aromatic carbocycles. The Morgan fingerprint density at radius 1 is 0.284 bits per heavy atom. The lowest BCUT2D eigenvalue weighted by atomic mass is 10.1. The monoisotopic (exact) mass is 1280 g/mol. The number of imide groups is 1. The third-order valence-corrected chi connectivity index (χ3v) is 11.5. The molecule has 2 N–H and O–H groups in total. The number of hydrogen-bond acceptors (Lipinski definition) is 28. The summed E-state index contributed by atoms with van der Waals surface area (Å²) in [5, 5.41) is 13.1. The van der Waals surface area contributed by atoms with Gasteiger partial charge >= 0.3 is 0 Å². The number of carbonyl (C=O) groups is 2.